The van der Waals surface area contributed by atoms with E-state index in [2.05, 4.69) is 41.7 Å². The van der Waals surface area contributed by atoms with Gasteiger partial charge < -0.3 is 29.7 Å². The van der Waals surface area contributed by atoms with Gasteiger partial charge >= 0.3 is 0 Å². The fraction of sp³-hybridized carbons (Fsp3) is 0.425. The minimum Gasteiger partial charge on any atom is -0.478 e. The summed E-state index contributed by atoms with van der Waals surface area (Å²) in [6, 6.07) is 13.4. The van der Waals surface area contributed by atoms with Gasteiger partial charge in [-0.05, 0) is 55.5 Å². The predicted octanol–water partition coefficient (Wildman–Crippen LogP) is 3.30. The molecule has 3 amide bonds. The zero-order valence-electron chi connectivity index (χ0n) is 32.3. The highest BCUT2D eigenvalue weighted by Gasteiger charge is 2.33. The second kappa shape index (κ2) is 16.0. The van der Waals surface area contributed by atoms with E-state index >= 15 is 0 Å². The molecule has 0 saturated carbocycles. The Balaban J connectivity index is 0.866. The van der Waals surface area contributed by atoms with Crippen LogP contribution in [-0.4, -0.2) is 106 Å². The summed E-state index contributed by atoms with van der Waals surface area (Å²) in [5.74, 6) is 0.499. The van der Waals surface area contributed by atoms with Gasteiger partial charge in [-0.1, -0.05) is 23.7 Å². The number of rotatable bonds is 10. The van der Waals surface area contributed by atoms with Crippen molar-refractivity contribution in [2.45, 2.75) is 31.6 Å². The number of carbonyl (C=O) groups is 3. The number of nitrogens with one attached hydrogen (secondary N) is 3. The third-order valence-corrected chi connectivity index (χ3v) is 11.7. The number of nitrogens with zero attached hydrogens (tertiary/aromatic N) is 8. The minimum atomic E-state index is -0.426. The summed E-state index contributed by atoms with van der Waals surface area (Å²) in [4.78, 5) is 65.5. The molecule has 3 saturated heterocycles. The van der Waals surface area contributed by atoms with Crippen LogP contribution in [0.5, 0.6) is 5.75 Å². The number of aromatic nitrogens is 5. The molecule has 298 valence electrons. The van der Waals surface area contributed by atoms with Crippen molar-refractivity contribution in [2.75, 3.05) is 74.6 Å². The van der Waals surface area contributed by atoms with Crippen LogP contribution in [-0.2, 0) is 28.5 Å². The third-order valence-electron chi connectivity index (χ3n) is 11.4. The van der Waals surface area contributed by atoms with E-state index in [1.54, 1.807) is 19.3 Å². The van der Waals surface area contributed by atoms with Crippen molar-refractivity contribution in [3.63, 3.8) is 0 Å². The molecule has 3 N–H and O–H groups in total. The molecule has 6 heterocycles. The molecule has 1 atom stereocenters. The van der Waals surface area contributed by atoms with Crippen LogP contribution in [0.1, 0.15) is 37.3 Å². The van der Waals surface area contributed by atoms with Crippen LogP contribution in [0.4, 0.5) is 23.1 Å². The average Bonchev–Trinajstić information content (AvgIpc) is 3.55. The number of aryl methyl sites for hydroxylation is 2. The monoisotopic (exact) mass is 795 g/mol. The number of piperazine rings is 1. The van der Waals surface area contributed by atoms with E-state index in [4.69, 9.17) is 26.4 Å². The number of fused-ring (bicyclic) bond motifs is 2. The molecule has 0 radical (unpaired) electrons. The largest absolute Gasteiger partial charge is 0.478 e. The summed E-state index contributed by atoms with van der Waals surface area (Å²) in [6.45, 7) is 6.17. The molecule has 3 aliphatic heterocycles. The summed E-state index contributed by atoms with van der Waals surface area (Å²) < 4.78 is 8.88. The van der Waals surface area contributed by atoms with Crippen molar-refractivity contribution in [3.8, 4) is 5.75 Å². The molecule has 2 aromatic carbocycles. The van der Waals surface area contributed by atoms with Gasteiger partial charge in [-0.15, -0.1) is 0 Å². The van der Waals surface area contributed by atoms with Crippen molar-refractivity contribution in [1.29, 1.82) is 0 Å². The molecule has 3 aliphatic rings. The van der Waals surface area contributed by atoms with Crippen LogP contribution >= 0.6 is 11.6 Å². The van der Waals surface area contributed by atoms with Gasteiger partial charge in [-0.2, -0.15) is 10.1 Å². The number of benzene rings is 2. The number of hydrogen-bond donors (Lipinski definition) is 3. The Morgan fingerprint density at radius 3 is 2.53 bits per heavy atom. The number of ether oxygens (including phenoxy) is 1. The number of hydrogen-bond acceptors (Lipinski definition) is 12. The molecule has 0 aliphatic carbocycles. The van der Waals surface area contributed by atoms with Crippen LogP contribution in [0.15, 0.2) is 53.5 Å². The van der Waals surface area contributed by atoms with Crippen molar-refractivity contribution in [1.82, 2.24) is 39.8 Å². The van der Waals surface area contributed by atoms with Crippen molar-refractivity contribution in [3.05, 3.63) is 69.7 Å². The van der Waals surface area contributed by atoms with Crippen molar-refractivity contribution < 1.29 is 19.1 Å². The first kappa shape index (κ1) is 38.1. The molecule has 3 aromatic heterocycles. The van der Waals surface area contributed by atoms with E-state index in [0.717, 1.165) is 92.0 Å². The smallest absolute Gasteiger partial charge is 0.293 e. The lowest BCUT2D eigenvalue weighted by molar-refractivity contribution is -0.134. The number of pyridine rings is 1. The number of anilines is 4. The summed E-state index contributed by atoms with van der Waals surface area (Å²) >= 11 is 6.57. The van der Waals surface area contributed by atoms with E-state index in [-0.39, 0.29) is 35.6 Å². The second-order valence-corrected chi connectivity index (χ2v) is 15.4. The molecule has 17 heteroatoms. The van der Waals surface area contributed by atoms with Gasteiger partial charge in [0, 0.05) is 89.8 Å². The van der Waals surface area contributed by atoms with E-state index < -0.39 is 5.92 Å². The van der Waals surface area contributed by atoms with Gasteiger partial charge in [0.1, 0.15) is 5.02 Å². The summed E-state index contributed by atoms with van der Waals surface area (Å²) in [7, 11) is 5.10. The summed E-state index contributed by atoms with van der Waals surface area (Å²) in [6.07, 6.45) is 4.48. The van der Waals surface area contributed by atoms with Gasteiger partial charge in [0.2, 0.25) is 17.8 Å². The van der Waals surface area contributed by atoms with Crippen LogP contribution in [0.2, 0.25) is 5.02 Å². The number of likely N-dealkylation sites (N-methyl/N-ethyl adjacent to an activating group) is 1. The molecular formula is C40H46ClN11O5. The highest BCUT2D eigenvalue weighted by Crippen LogP contribution is 2.35. The van der Waals surface area contributed by atoms with Crippen molar-refractivity contribution >= 4 is 74.3 Å². The second-order valence-electron chi connectivity index (χ2n) is 15.0. The number of carbonyl (C=O) groups excluding carboxylic acids is 3. The number of imide groups is 1. The van der Waals surface area contributed by atoms with Crippen LogP contribution in [0.25, 0.3) is 21.8 Å². The van der Waals surface area contributed by atoms with E-state index in [9.17, 15) is 19.2 Å². The maximum absolute atomic E-state index is 12.8. The lowest BCUT2D eigenvalue weighted by Crippen LogP contribution is -2.49. The first-order chi connectivity index (χ1) is 27.6. The Morgan fingerprint density at radius 1 is 0.982 bits per heavy atom. The Bertz CT molecular complexity index is 2420. The topological polar surface area (TPSA) is 172 Å². The predicted molar refractivity (Wildman–Crippen MR) is 219 cm³/mol. The molecule has 57 heavy (non-hydrogen) atoms. The summed E-state index contributed by atoms with van der Waals surface area (Å²) in [5.41, 5.74) is 3.98. The zero-order valence-corrected chi connectivity index (χ0v) is 33.0. The lowest BCUT2D eigenvalue weighted by Gasteiger charge is -2.39. The normalized spacial score (nSPS) is 18.3. The maximum Gasteiger partial charge on any atom is 0.293 e. The fourth-order valence-electron chi connectivity index (χ4n) is 8.25. The number of para-hydroxylation sites is 1. The van der Waals surface area contributed by atoms with Gasteiger partial charge in [0.15, 0.2) is 18.2 Å². The van der Waals surface area contributed by atoms with Crippen molar-refractivity contribution in [2.24, 2.45) is 20.0 Å². The SMILES string of the molecule is CNC(=O)COc1cc2cc(Nc3nc(N4CCC(CN5CCN(c6cccc7c(C8CCC(=O)NC8=O)nn(C)c67)CC5)CC4)ncc3Cl)ccc2n(C)c1=O. The molecule has 0 spiro atoms. The van der Waals surface area contributed by atoms with Gasteiger partial charge in [0.05, 0.1) is 34.5 Å². The van der Waals surface area contributed by atoms with E-state index in [0.29, 0.717) is 41.1 Å². The molecule has 8 rings (SSSR count). The minimum absolute atomic E-state index is 0.0841. The quantitative estimate of drug-likeness (QED) is 0.177. The number of piperidine rings is 2. The van der Waals surface area contributed by atoms with Gasteiger partial charge in [0.25, 0.3) is 11.5 Å². The molecular weight excluding hydrogens is 750 g/mol. The highest BCUT2D eigenvalue weighted by atomic mass is 35.5. The first-order valence-electron chi connectivity index (χ1n) is 19.3. The maximum atomic E-state index is 12.8. The Kier molecular flexibility index (Phi) is 10.7. The van der Waals surface area contributed by atoms with Gasteiger partial charge in [-0.3, -0.25) is 34.1 Å². The fourth-order valence-corrected chi connectivity index (χ4v) is 8.39. The zero-order chi connectivity index (χ0) is 39.8. The van der Waals surface area contributed by atoms with E-state index in [1.165, 1.54) is 11.6 Å². The molecule has 3 fully saturated rings. The average molecular weight is 796 g/mol. The Morgan fingerprint density at radius 2 is 1.77 bits per heavy atom. The highest BCUT2D eigenvalue weighted by molar-refractivity contribution is 6.33. The Labute approximate surface area is 334 Å². The van der Waals surface area contributed by atoms with Crippen LogP contribution in [0.3, 0.4) is 0 Å². The molecule has 16 nitrogen and oxygen atoms in total. The third kappa shape index (κ3) is 7.83. The number of halogens is 1. The van der Waals surface area contributed by atoms with E-state index in [1.807, 2.05) is 42.1 Å². The van der Waals surface area contributed by atoms with Crippen LogP contribution < -0.4 is 36.0 Å². The molecule has 1 unspecified atom stereocenters. The standard InChI is InChI=1S/C40H46ClN11O5/c1-42-34(54)23-57-32-20-25-19-26(7-9-30(25)48(2)39(32)56)44-37-29(41)21-43-40(46-37)52-13-11-24(12-14-52)22-50-15-17-51(18-16-50)31-6-4-5-27-35(47-49(3)36(27)31)28-8-10-33(53)45-38(28)55/h4-7,9,19-21,24,28H,8,10-18,22-23H2,1-3H3,(H,42,54)(H,43,44,46)(H,45,53,55). The first-order valence-corrected chi connectivity index (χ1v) is 19.7. The molecule has 5 aromatic rings. The van der Waals surface area contributed by atoms with Crippen LogP contribution in [0, 0.1) is 5.92 Å². The lowest BCUT2D eigenvalue weighted by atomic mass is 9.92. The number of amides is 3. The Hall–Kier alpha value is -5.74. The molecule has 0 bridgehead atoms. The van der Waals surface area contributed by atoms with Gasteiger partial charge in [-0.25, -0.2) is 4.98 Å². The summed E-state index contributed by atoms with van der Waals surface area (Å²) in [5, 5.41) is 15.2.